The van der Waals surface area contributed by atoms with Crippen molar-refractivity contribution in [1.82, 2.24) is 19.6 Å². The Hall–Kier alpha value is -3.66. The topological polar surface area (TPSA) is 119 Å². The van der Waals surface area contributed by atoms with Crippen molar-refractivity contribution < 1.29 is 9.69 Å². The summed E-state index contributed by atoms with van der Waals surface area (Å²) < 4.78 is 13.9. The second-order valence-electron chi connectivity index (χ2n) is 9.25. The fourth-order valence-corrected chi connectivity index (χ4v) is 5.56. The molecule has 5 aromatic rings. The van der Waals surface area contributed by atoms with Gasteiger partial charge in [-0.3, -0.25) is 0 Å². The number of aromatic nitrogens is 4. The monoisotopic (exact) mass is 500 g/mol. The summed E-state index contributed by atoms with van der Waals surface area (Å²) in [7, 11) is -1.93. The fraction of sp³-hybridized carbons (Fsp3) is 0.222. The first-order chi connectivity index (χ1) is 17.1. The van der Waals surface area contributed by atoms with Gasteiger partial charge < -0.3 is 10.4 Å². The largest absolute Gasteiger partial charge is 0.870 e. The number of pyridine rings is 1. The molecule has 1 atom stereocenters. The van der Waals surface area contributed by atoms with Gasteiger partial charge in [0, 0.05) is 53.8 Å². The van der Waals surface area contributed by atoms with E-state index in [1.165, 1.54) is 12.8 Å². The Morgan fingerprint density at radius 1 is 0.889 bits per heavy atom. The van der Waals surface area contributed by atoms with Gasteiger partial charge in [0.1, 0.15) is 5.82 Å². The van der Waals surface area contributed by atoms with Gasteiger partial charge in [-0.15, -0.1) is 5.14 Å². The van der Waals surface area contributed by atoms with Gasteiger partial charge in [0.25, 0.3) is 0 Å². The maximum atomic E-state index is 12.1. The van der Waals surface area contributed by atoms with E-state index in [1.54, 1.807) is 4.52 Å². The van der Waals surface area contributed by atoms with Crippen molar-refractivity contribution in [2.45, 2.75) is 24.7 Å². The van der Waals surface area contributed by atoms with Gasteiger partial charge >= 0.3 is 0 Å². The number of hydrogen-bond donors (Lipinski definition) is 1. The summed E-state index contributed by atoms with van der Waals surface area (Å²) >= 11 is 0. The average Bonchev–Trinajstić information content (AvgIpc) is 3.31. The summed E-state index contributed by atoms with van der Waals surface area (Å²) in [6.45, 7) is 4.45. The molecule has 2 aromatic carbocycles. The van der Waals surface area contributed by atoms with E-state index in [1.807, 2.05) is 61.2 Å². The molecule has 0 amide bonds. The molecule has 184 valence electrons. The van der Waals surface area contributed by atoms with Gasteiger partial charge in [0.2, 0.25) is 0 Å². The van der Waals surface area contributed by atoms with Crippen LogP contribution < -0.4 is 10.0 Å². The number of anilines is 1. The Balaban J connectivity index is 0.00000267. The van der Waals surface area contributed by atoms with Crippen molar-refractivity contribution in [3.8, 4) is 22.3 Å². The molecule has 1 aliphatic rings. The van der Waals surface area contributed by atoms with Crippen LogP contribution in [0.15, 0.2) is 78.2 Å². The molecule has 1 fully saturated rings. The Morgan fingerprint density at radius 2 is 1.64 bits per heavy atom. The van der Waals surface area contributed by atoms with E-state index in [2.05, 4.69) is 29.1 Å². The zero-order chi connectivity index (χ0) is 23.9. The van der Waals surface area contributed by atoms with Crippen LogP contribution >= 0.6 is 0 Å². The summed E-state index contributed by atoms with van der Waals surface area (Å²) in [5, 5.41) is 12.2. The van der Waals surface area contributed by atoms with E-state index in [0.29, 0.717) is 4.90 Å². The molecule has 0 aliphatic carbocycles. The third-order valence-electron chi connectivity index (χ3n) is 6.97. The molecular weight excluding hydrogens is 472 g/mol. The van der Waals surface area contributed by atoms with Crippen LogP contribution in [-0.2, 0) is 15.2 Å². The van der Waals surface area contributed by atoms with E-state index in [4.69, 9.17) is 15.1 Å². The summed E-state index contributed by atoms with van der Waals surface area (Å²) in [5.41, 5.74) is 4.62. The van der Waals surface area contributed by atoms with E-state index in [-0.39, 0.29) is 5.48 Å². The Labute approximate surface area is 211 Å². The van der Waals surface area contributed by atoms with Gasteiger partial charge in [-0.2, -0.15) is 5.10 Å². The van der Waals surface area contributed by atoms with Crippen LogP contribution in [0.5, 0.6) is 0 Å². The Morgan fingerprint density at radius 3 is 2.36 bits per heavy atom. The molecule has 3 N–H and O–H groups in total. The minimum Gasteiger partial charge on any atom is -0.870 e. The fourth-order valence-electron chi connectivity index (χ4n) is 4.91. The van der Waals surface area contributed by atoms with Crippen molar-refractivity contribution in [3.63, 3.8) is 0 Å². The highest BCUT2D eigenvalue weighted by molar-refractivity contribution is 7.82. The number of thiol groups is 1. The summed E-state index contributed by atoms with van der Waals surface area (Å²) in [6.07, 6.45) is 10.0. The number of hydrogen-bond acceptors (Lipinski definition) is 6. The molecular formula is C27H28N6O2S. The smallest absolute Gasteiger partial charge is 0.182 e. The minimum atomic E-state index is -1.93. The highest BCUT2D eigenvalue weighted by atomic mass is 32.2. The van der Waals surface area contributed by atoms with E-state index in [9.17, 15) is 4.21 Å². The van der Waals surface area contributed by atoms with E-state index in [0.717, 1.165) is 63.5 Å². The molecule has 1 aliphatic heterocycles. The molecule has 0 spiro atoms. The SMILES string of the molecule is CC1CCN(c2ccc(-c3cnc4c(-c5ccc([SH+](N)=O)c6ccccc56)cnn4c3)cn2)CC1.[OH-]. The molecule has 8 nitrogen and oxygen atoms in total. The summed E-state index contributed by atoms with van der Waals surface area (Å²) in [5.74, 6) is 1.83. The zero-order valence-electron chi connectivity index (χ0n) is 20.0. The first-order valence-electron chi connectivity index (χ1n) is 11.9. The van der Waals surface area contributed by atoms with Gasteiger partial charge in [0.15, 0.2) is 21.5 Å². The van der Waals surface area contributed by atoms with Gasteiger partial charge in [-0.25, -0.2) is 14.5 Å². The standard InChI is InChI=1S/C27H26N6OS.H2O/c1-18-10-12-32(13-11-18)26-9-6-19(14-29-26)20-15-30-27-24(16-31-33(27)17-20)22-7-8-25(35(28)34)23-5-3-2-4-21(22)23;/h2-9,14-18H,10-13H2,1H3,(H2,28,34);1H2. The number of piperidine rings is 1. The highest BCUT2D eigenvalue weighted by Gasteiger charge is 2.18. The quantitative estimate of drug-likeness (QED) is 0.284. The molecule has 3 aromatic heterocycles. The maximum absolute atomic E-state index is 12.1. The number of benzene rings is 2. The lowest BCUT2D eigenvalue weighted by molar-refractivity contribution is 0.436. The van der Waals surface area contributed by atoms with Crippen LogP contribution in [-0.4, -0.2) is 38.1 Å². The van der Waals surface area contributed by atoms with Crippen LogP contribution in [0.2, 0.25) is 0 Å². The van der Waals surface area contributed by atoms with Crippen LogP contribution in [0.3, 0.4) is 0 Å². The highest BCUT2D eigenvalue weighted by Crippen LogP contribution is 2.34. The van der Waals surface area contributed by atoms with E-state index < -0.39 is 11.0 Å². The Bertz CT molecular complexity index is 1560. The number of nitrogens with two attached hydrogens (primary N) is 1. The molecule has 36 heavy (non-hydrogen) atoms. The van der Waals surface area contributed by atoms with Crippen LogP contribution in [0, 0.1) is 5.92 Å². The van der Waals surface area contributed by atoms with Crippen molar-refractivity contribution in [1.29, 1.82) is 0 Å². The normalized spacial score (nSPS) is 15.2. The molecule has 4 heterocycles. The molecule has 1 saturated heterocycles. The number of nitrogens with zero attached hydrogens (tertiary/aromatic N) is 5. The third-order valence-corrected chi connectivity index (χ3v) is 7.84. The first-order valence-corrected chi connectivity index (χ1v) is 13.2. The molecule has 9 heteroatoms. The molecule has 1 unspecified atom stereocenters. The van der Waals surface area contributed by atoms with Crippen molar-refractivity contribution >= 4 is 33.2 Å². The van der Waals surface area contributed by atoms with E-state index >= 15 is 0 Å². The Kier molecular flexibility index (Phi) is 6.53. The van der Waals surface area contributed by atoms with Crippen molar-refractivity contribution in [3.05, 3.63) is 73.3 Å². The average molecular weight is 501 g/mol. The van der Waals surface area contributed by atoms with Gasteiger partial charge in [0.05, 0.1) is 6.20 Å². The third kappa shape index (κ3) is 4.26. The second-order valence-corrected chi connectivity index (χ2v) is 10.4. The lowest BCUT2D eigenvalue weighted by Gasteiger charge is -2.31. The zero-order valence-corrected chi connectivity index (χ0v) is 20.8. The van der Waals surface area contributed by atoms with Crippen LogP contribution in [0.4, 0.5) is 5.82 Å². The number of rotatable bonds is 4. The van der Waals surface area contributed by atoms with Crippen molar-refractivity contribution in [2.75, 3.05) is 18.0 Å². The molecule has 0 bridgehead atoms. The van der Waals surface area contributed by atoms with Crippen molar-refractivity contribution in [2.24, 2.45) is 11.1 Å². The number of fused-ring (bicyclic) bond motifs is 2. The van der Waals surface area contributed by atoms with Crippen LogP contribution in [0.1, 0.15) is 19.8 Å². The summed E-state index contributed by atoms with van der Waals surface area (Å²) in [6, 6.07) is 15.9. The first kappa shape index (κ1) is 24.1. The second kappa shape index (κ2) is 9.77. The van der Waals surface area contributed by atoms with Gasteiger partial charge in [-0.1, -0.05) is 29.3 Å². The predicted octanol–water partition coefficient (Wildman–Crippen LogP) is 4.60. The van der Waals surface area contributed by atoms with Crippen LogP contribution in [0.25, 0.3) is 38.7 Å². The van der Waals surface area contributed by atoms with Gasteiger partial charge in [-0.05, 0) is 60.0 Å². The molecule has 6 rings (SSSR count). The minimum absolute atomic E-state index is 0. The molecule has 0 radical (unpaired) electrons. The lowest BCUT2D eigenvalue weighted by atomic mass is 9.99. The summed E-state index contributed by atoms with van der Waals surface area (Å²) in [4.78, 5) is 12.5. The molecule has 0 saturated carbocycles. The lowest BCUT2D eigenvalue weighted by Crippen LogP contribution is -2.33. The predicted molar refractivity (Wildman–Crippen MR) is 144 cm³/mol. The maximum Gasteiger partial charge on any atom is 0.182 e.